The minimum atomic E-state index is -3.40. The zero-order valence-electron chi connectivity index (χ0n) is 12.7. The van der Waals surface area contributed by atoms with Gasteiger partial charge in [-0.2, -0.15) is 0 Å². The van der Waals surface area contributed by atoms with Gasteiger partial charge in [0.15, 0.2) is 9.84 Å². The van der Waals surface area contributed by atoms with Crippen molar-refractivity contribution in [3.63, 3.8) is 0 Å². The maximum absolute atomic E-state index is 12.2. The molecule has 0 aromatic heterocycles. The van der Waals surface area contributed by atoms with Gasteiger partial charge >= 0.3 is 5.97 Å². The molecule has 21 heavy (non-hydrogen) atoms. The third-order valence-electron chi connectivity index (χ3n) is 3.81. The second-order valence-corrected chi connectivity index (χ2v) is 9.00. The van der Waals surface area contributed by atoms with Gasteiger partial charge in [-0.05, 0) is 32.8 Å². The molecule has 5 nitrogen and oxygen atoms in total. The average Bonchev–Trinajstić information content (AvgIpc) is 2.39. The summed E-state index contributed by atoms with van der Waals surface area (Å²) in [7, 11) is -3.40. The topological polar surface area (TPSA) is 97.5 Å². The number of benzene rings is 1. The summed E-state index contributed by atoms with van der Waals surface area (Å²) in [6, 6.07) is 8.57. The van der Waals surface area contributed by atoms with Crippen LogP contribution in [0.2, 0.25) is 0 Å². The van der Waals surface area contributed by atoms with Crippen LogP contribution in [0, 0.1) is 0 Å². The summed E-state index contributed by atoms with van der Waals surface area (Å²) in [6.45, 7) is 4.67. The number of carboxylic acid groups (broad SMARTS) is 1. The third kappa shape index (κ3) is 3.63. The Morgan fingerprint density at radius 2 is 1.71 bits per heavy atom. The van der Waals surface area contributed by atoms with Crippen LogP contribution < -0.4 is 5.73 Å². The highest BCUT2D eigenvalue weighted by Gasteiger charge is 2.41. The SMILES string of the molecule is CC(C)(C)S(=O)(=O)CCC(CN)(C(=O)O)c1ccccc1. The first-order valence-corrected chi connectivity index (χ1v) is 8.43. The van der Waals surface area contributed by atoms with Gasteiger partial charge in [-0.1, -0.05) is 30.3 Å². The van der Waals surface area contributed by atoms with Crippen molar-refractivity contribution in [2.24, 2.45) is 5.73 Å². The summed E-state index contributed by atoms with van der Waals surface area (Å²) in [5.41, 5.74) is 4.86. The molecule has 0 aliphatic heterocycles. The quantitative estimate of drug-likeness (QED) is 0.831. The van der Waals surface area contributed by atoms with Crippen LogP contribution in [-0.2, 0) is 20.0 Å². The van der Waals surface area contributed by atoms with Crippen molar-refractivity contribution in [3.05, 3.63) is 35.9 Å². The fraction of sp³-hybridized carbons (Fsp3) is 0.533. The average molecular weight is 313 g/mol. The summed E-state index contributed by atoms with van der Waals surface area (Å²) in [5, 5.41) is 9.60. The first kappa shape index (κ1) is 17.7. The fourth-order valence-electron chi connectivity index (χ4n) is 2.05. The van der Waals surface area contributed by atoms with E-state index in [0.717, 1.165) is 0 Å². The normalized spacial score (nSPS) is 15.4. The van der Waals surface area contributed by atoms with Gasteiger partial charge in [0, 0.05) is 6.54 Å². The number of carboxylic acids is 1. The summed E-state index contributed by atoms with van der Waals surface area (Å²) in [5.74, 6) is -1.31. The van der Waals surface area contributed by atoms with Crippen molar-refractivity contribution in [1.82, 2.24) is 0 Å². The lowest BCUT2D eigenvalue weighted by atomic mass is 9.78. The number of hydrogen-bond donors (Lipinski definition) is 2. The second-order valence-electron chi connectivity index (χ2n) is 6.14. The monoisotopic (exact) mass is 313 g/mol. The smallest absolute Gasteiger partial charge is 0.315 e. The van der Waals surface area contributed by atoms with Crippen LogP contribution in [0.1, 0.15) is 32.8 Å². The summed E-state index contributed by atoms with van der Waals surface area (Å²) >= 11 is 0. The second kappa shape index (κ2) is 6.15. The Morgan fingerprint density at radius 1 is 1.19 bits per heavy atom. The lowest BCUT2D eigenvalue weighted by Gasteiger charge is -2.30. The van der Waals surface area contributed by atoms with E-state index in [-0.39, 0.29) is 18.7 Å². The minimum Gasteiger partial charge on any atom is -0.481 e. The summed E-state index contributed by atoms with van der Waals surface area (Å²) < 4.78 is 23.6. The van der Waals surface area contributed by atoms with Crippen LogP contribution in [-0.4, -0.2) is 36.5 Å². The van der Waals surface area contributed by atoms with Crippen LogP contribution in [0.15, 0.2) is 30.3 Å². The van der Waals surface area contributed by atoms with Crippen LogP contribution in [0.4, 0.5) is 0 Å². The van der Waals surface area contributed by atoms with E-state index in [9.17, 15) is 18.3 Å². The van der Waals surface area contributed by atoms with Gasteiger partial charge in [0.05, 0.1) is 10.5 Å². The van der Waals surface area contributed by atoms with Crippen molar-refractivity contribution in [3.8, 4) is 0 Å². The first-order chi connectivity index (χ1) is 9.57. The van der Waals surface area contributed by atoms with E-state index in [2.05, 4.69) is 0 Å². The molecule has 0 aliphatic rings. The number of carbonyl (C=O) groups is 1. The first-order valence-electron chi connectivity index (χ1n) is 6.78. The number of nitrogens with two attached hydrogens (primary N) is 1. The number of aliphatic carboxylic acids is 1. The van der Waals surface area contributed by atoms with Crippen LogP contribution >= 0.6 is 0 Å². The van der Waals surface area contributed by atoms with E-state index >= 15 is 0 Å². The molecule has 0 saturated heterocycles. The third-order valence-corrected chi connectivity index (χ3v) is 6.42. The molecular formula is C15H23NO4S. The van der Waals surface area contributed by atoms with Gasteiger partial charge in [-0.3, -0.25) is 4.79 Å². The van der Waals surface area contributed by atoms with Gasteiger partial charge in [0.2, 0.25) is 0 Å². The lowest BCUT2D eigenvalue weighted by molar-refractivity contribution is -0.143. The van der Waals surface area contributed by atoms with E-state index in [1.807, 2.05) is 0 Å². The van der Waals surface area contributed by atoms with E-state index in [1.54, 1.807) is 51.1 Å². The van der Waals surface area contributed by atoms with Gasteiger partial charge < -0.3 is 10.8 Å². The molecule has 3 N–H and O–H groups in total. The van der Waals surface area contributed by atoms with Gasteiger partial charge in [0.1, 0.15) is 5.41 Å². The largest absolute Gasteiger partial charge is 0.481 e. The highest BCUT2D eigenvalue weighted by Crippen LogP contribution is 2.30. The highest BCUT2D eigenvalue weighted by atomic mass is 32.2. The molecule has 6 heteroatoms. The standard InChI is InChI=1S/C15H23NO4S/c1-14(2,3)21(19,20)10-9-15(11-16,13(17)18)12-7-5-4-6-8-12/h4-8H,9-11,16H2,1-3H3,(H,17,18). The molecule has 0 heterocycles. The van der Waals surface area contributed by atoms with E-state index in [1.165, 1.54) is 0 Å². The minimum absolute atomic E-state index is 0.0392. The Balaban J connectivity index is 3.16. The Kier molecular flexibility index (Phi) is 5.17. The molecule has 0 spiro atoms. The Morgan fingerprint density at radius 3 is 2.10 bits per heavy atom. The number of sulfone groups is 1. The summed E-state index contributed by atoms with van der Waals surface area (Å²) in [6.07, 6.45) is -0.0392. The zero-order valence-corrected chi connectivity index (χ0v) is 13.5. The zero-order chi connectivity index (χ0) is 16.3. The Hall–Kier alpha value is -1.40. The molecule has 0 saturated carbocycles. The summed E-state index contributed by atoms with van der Waals surface area (Å²) in [4.78, 5) is 11.7. The molecule has 0 bridgehead atoms. The van der Waals surface area contributed by atoms with Gasteiger partial charge in [0.25, 0.3) is 0 Å². The molecule has 1 aromatic rings. The van der Waals surface area contributed by atoms with E-state index in [4.69, 9.17) is 5.73 Å². The molecule has 1 rings (SSSR count). The molecule has 0 fully saturated rings. The fourth-order valence-corrected chi connectivity index (χ4v) is 3.28. The number of hydrogen-bond acceptors (Lipinski definition) is 4. The number of rotatable bonds is 6. The maximum atomic E-state index is 12.2. The van der Waals surface area contributed by atoms with Crippen molar-refractivity contribution < 1.29 is 18.3 Å². The van der Waals surface area contributed by atoms with Crippen molar-refractivity contribution >= 4 is 15.8 Å². The van der Waals surface area contributed by atoms with E-state index in [0.29, 0.717) is 5.56 Å². The molecule has 1 aromatic carbocycles. The molecule has 1 atom stereocenters. The van der Waals surface area contributed by atoms with Gasteiger partial charge in [-0.15, -0.1) is 0 Å². The lowest BCUT2D eigenvalue weighted by Crippen LogP contribution is -2.45. The molecular weight excluding hydrogens is 290 g/mol. The molecule has 0 amide bonds. The molecule has 1 unspecified atom stereocenters. The van der Waals surface area contributed by atoms with Crippen LogP contribution in [0.3, 0.4) is 0 Å². The van der Waals surface area contributed by atoms with Crippen LogP contribution in [0.5, 0.6) is 0 Å². The Bertz CT molecular complexity index is 590. The van der Waals surface area contributed by atoms with E-state index < -0.39 is 26.0 Å². The van der Waals surface area contributed by atoms with Crippen molar-refractivity contribution in [1.29, 1.82) is 0 Å². The maximum Gasteiger partial charge on any atom is 0.315 e. The van der Waals surface area contributed by atoms with Crippen molar-refractivity contribution in [2.75, 3.05) is 12.3 Å². The predicted molar refractivity (Wildman–Crippen MR) is 83.0 cm³/mol. The van der Waals surface area contributed by atoms with Crippen LogP contribution in [0.25, 0.3) is 0 Å². The van der Waals surface area contributed by atoms with Gasteiger partial charge in [-0.25, -0.2) is 8.42 Å². The molecule has 0 radical (unpaired) electrons. The predicted octanol–water partition coefficient (Wildman–Crippen LogP) is 1.57. The molecule has 118 valence electrons. The molecule has 0 aliphatic carbocycles. The Labute approximate surface area is 126 Å². The van der Waals surface area contributed by atoms with Crippen molar-refractivity contribution in [2.45, 2.75) is 37.4 Å². The highest BCUT2D eigenvalue weighted by molar-refractivity contribution is 7.92.